The van der Waals surface area contributed by atoms with Gasteiger partial charge in [-0.25, -0.2) is 4.98 Å². The van der Waals surface area contributed by atoms with Gasteiger partial charge in [0.05, 0.1) is 12.8 Å². The minimum atomic E-state index is 0.295. The number of nitrogens with zero attached hydrogens (tertiary/aromatic N) is 2. The second-order valence-corrected chi connectivity index (χ2v) is 3.77. The fourth-order valence-electron chi connectivity index (χ4n) is 1.52. The number of aryl methyl sites for hydroxylation is 1. The number of benzene rings is 1. The van der Waals surface area contributed by atoms with Gasteiger partial charge in [-0.05, 0) is 25.1 Å². The molecule has 0 amide bonds. The minimum Gasteiger partial charge on any atom is -0.497 e. The van der Waals surface area contributed by atoms with Crippen molar-refractivity contribution in [1.82, 2.24) is 9.97 Å². The van der Waals surface area contributed by atoms with Crippen LogP contribution in [0.1, 0.15) is 11.4 Å². The molecule has 0 spiro atoms. The van der Waals surface area contributed by atoms with Crippen LogP contribution >= 0.6 is 0 Å². The molecule has 0 saturated carbocycles. The molecule has 5 heteroatoms. The Hall–Kier alpha value is -2.14. The lowest BCUT2D eigenvalue weighted by Gasteiger charge is -2.07. The highest BCUT2D eigenvalue weighted by atomic mass is 16.5. The number of methoxy groups -OCH3 is 1. The molecule has 0 aliphatic rings. The third-order valence-corrected chi connectivity index (χ3v) is 2.35. The maximum atomic E-state index is 5.59. The number of ether oxygens (including phenoxy) is 2. The second kappa shape index (κ2) is 5.46. The summed E-state index contributed by atoms with van der Waals surface area (Å²) in [5.41, 5.74) is 7.13. The second-order valence-electron chi connectivity index (χ2n) is 3.77. The van der Waals surface area contributed by atoms with Gasteiger partial charge in [-0.2, -0.15) is 4.98 Å². The number of nitrogens with two attached hydrogens (primary N) is 1. The van der Waals surface area contributed by atoms with Crippen molar-refractivity contribution in [2.24, 2.45) is 5.73 Å². The first kappa shape index (κ1) is 12.3. The van der Waals surface area contributed by atoms with Crippen molar-refractivity contribution in [1.29, 1.82) is 0 Å². The first-order valence-corrected chi connectivity index (χ1v) is 5.58. The average Bonchev–Trinajstić information content (AvgIpc) is 2.38. The quantitative estimate of drug-likeness (QED) is 0.892. The molecule has 0 saturated heterocycles. The summed E-state index contributed by atoms with van der Waals surface area (Å²) >= 11 is 0. The standard InChI is InChI=1S/C13H15N3O2/c1-9-6-10(8-14)16-13(15-9)18-12-5-3-4-11(7-12)17-2/h3-7H,8,14H2,1-2H3. The smallest absolute Gasteiger partial charge is 0.322 e. The average molecular weight is 245 g/mol. The van der Waals surface area contributed by atoms with E-state index in [2.05, 4.69) is 9.97 Å². The van der Waals surface area contributed by atoms with Gasteiger partial charge in [-0.3, -0.25) is 0 Å². The van der Waals surface area contributed by atoms with Crippen molar-refractivity contribution in [2.75, 3.05) is 7.11 Å². The van der Waals surface area contributed by atoms with E-state index in [-0.39, 0.29) is 0 Å². The predicted molar refractivity (Wildman–Crippen MR) is 67.7 cm³/mol. The summed E-state index contributed by atoms with van der Waals surface area (Å²) in [6.45, 7) is 2.23. The molecule has 0 aliphatic heterocycles. The molecule has 0 unspecified atom stereocenters. The minimum absolute atomic E-state index is 0.295. The molecule has 94 valence electrons. The van der Waals surface area contributed by atoms with Crippen LogP contribution in [0.25, 0.3) is 0 Å². The lowest BCUT2D eigenvalue weighted by molar-refractivity contribution is 0.403. The zero-order valence-corrected chi connectivity index (χ0v) is 10.4. The van der Waals surface area contributed by atoms with Crippen LogP contribution in [0.4, 0.5) is 0 Å². The van der Waals surface area contributed by atoms with E-state index in [4.69, 9.17) is 15.2 Å². The van der Waals surface area contributed by atoms with E-state index in [1.807, 2.05) is 31.2 Å². The van der Waals surface area contributed by atoms with E-state index in [1.165, 1.54) is 0 Å². The molecule has 1 aromatic carbocycles. The highest BCUT2D eigenvalue weighted by Gasteiger charge is 2.04. The summed E-state index contributed by atoms with van der Waals surface area (Å²) < 4.78 is 10.7. The lowest BCUT2D eigenvalue weighted by atomic mass is 10.3. The zero-order chi connectivity index (χ0) is 13.0. The van der Waals surface area contributed by atoms with Crippen LogP contribution in [0.2, 0.25) is 0 Å². The first-order chi connectivity index (χ1) is 8.71. The Morgan fingerprint density at radius 3 is 2.67 bits per heavy atom. The largest absolute Gasteiger partial charge is 0.497 e. The number of rotatable bonds is 4. The molecule has 2 aromatic rings. The third-order valence-electron chi connectivity index (χ3n) is 2.35. The third kappa shape index (κ3) is 2.95. The summed E-state index contributed by atoms with van der Waals surface area (Å²) in [6, 6.07) is 9.40. The van der Waals surface area contributed by atoms with Crippen molar-refractivity contribution >= 4 is 0 Å². The van der Waals surface area contributed by atoms with Crippen LogP contribution in [0.15, 0.2) is 30.3 Å². The molecular formula is C13H15N3O2. The molecule has 2 rings (SSSR count). The number of hydrogen-bond acceptors (Lipinski definition) is 5. The summed E-state index contributed by atoms with van der Waals surface area (Å²) in [5, 5.41) is 0. The molecule has 1 heterocycles. The van der Waals surface area contributed by atoms with Crippen LogP contribution in [0, 0.1) is 6.92 Å². The Labute approximate surface area is 106 Å². The van der Waals surface area contributed by atoms with Gasteiger partial charge >= 0.3 is 6.01 Å². The summed E-state index contributed by atoms with van der Waals surface area (Å²) in [4.78, 5) is 8.41. The molecule has 1 aromatic heterocycles. The first-order valence-electron chi connectivity index (χ1n) is 5.58. The number of hydrogen-bond donors (Lipinski definition) is 1. The van der Waals surface area contributed by atoms with Gasteiger partial charge < -0.3 is 15.2 Å². The van der Waals surface area contributed by atoms with Crippen LogP contribution in [0.3, 0.4) is 0 Å². The Balaban J connectivity index is 2.24. The fourth-order valence-corrected chi connectivity index (χ4v) is 1.52. The molecule has 0 fully saturated rings. The van der Waals surface area contributed by atoms with E-state index in [9.17, 15) is 0 Å². The van der Waals surface area contributed by atoms with Gasteiger partial charge in [0, 0.05) is 18.3 Å². The number of aromatic nitrogens is 2. The Kier molecular flexibility index (Phi) is 3.74. The van der Waals surface area contributed by atoms with E-state index in [0.29, 0.717) is 18.3 Å². The summed E-state index contributed by atoms with van der Waals surface area (Å²) in [6.07, 6.45) is 0. The Bertz CT molecular complexity index is 544. The molecular weight excluding hydrogens is 230 g/mol. The van der Waals surface area contributed by atoms with E-state index >= 15 is 0 Å². The van der Waals surface area contributed by atoms with Crippen molar-refractivity contribution in [2.45, 2.75) is 13.5 Å². The molecule has 0 radical (unpaired) electrons. The van der Waals surface area contributed by atoms with Crippen LogP contribution in [0.5, 0.6) is 17.5 Å². The van der Waals surface area contributed by atoms with Gasteiger partial charge in [0.15, 0.2) is 0 Å². The molecule has 0 aliphatic carbocycles. The highest BCUT2D eigenvalue weighted by Crippen LogP contribution is 2.23. The summed E-state index contributed by atoms with van der Waals surface area (Å²) in [5.74, 6) is 1.35. The van der Waals surface area contributed by atoms with Crippen molar-refractivity contribution in [3.63, 3.8) is 0 Å². The Morgan fingerprint density at radius 1 is 1.17 bits per heavy atom. The lowest BCUT2D eigenvalue weighted by Crippen LogP contribution is -2.03. The SMILES string of the molecule is COc1cccc(Oc2nc(C)cc(CN)n2)c1. The highest BCUT2D eigenvalue weighted by molar-refractivity contribution is 5.34. The van der Waals surface area contributed by atoms with Gasteiger partial charge in [0.25, 0.3) is 0 Å². The van der Waals surface area contributed by atoms with Crippen molar-refractivity contribution in [3.05, 3.63) is 41.7 Å². The van der Waals surface area contributed by atoms with E-state index < -0.39 is 0 Å². The van der Waals surface area contributed by atoms with Gasteiger partial charge in [0.2, 0.25) is 0 Å². The monoisotopic (exact) mass is 245 g/mol. The van der Waals surface area contributed by atoms with Gasteiger partial charge in [-0.15, -0.1) is 0 Å². The van der Waals surface area contributed by atoms with Gasteiger partial charge in [-0.1, -0.05) is 6.07 Å². The normalized spacial score (nSPS) is 10.2. The molecule has 5 nitrogen and oxygen atoms in total. The maximum absolute atomic E-state index is 5.59. The molecule has 0 atom stereocenters. The van der Waals surface area contributed by atoms with E-state index in [1.54, 1.807) is 13.2 Å². The van der Waals surface area contributed by atoms with Crippen LogP contribution < -0.4 is 15.2 Å². The maximum Gasteiger partial charge on any atom is 0.322 e. The molecule has 2 N–H and O–H groups in total. The Morgan fingerprint density at radius 2 is 1.94 bits per heavy atom. The van der Waals surface area contributed by atoms with E-state index in [0.717, 1.165) is 17.1 Å². The molecule has 18 heavy (non-hydrogen) atoms. The van der Waals surface area contributed by atoms with Crippen molar-refractivity contribution < 1.29 is 9.47 Å². The van der Waals surface area contributed by atoms with Crippen LogP contribution in [-0.4, -0.2) is 17.1 Å². The molecule has 0 bridgehead atoms. The van der Waals surface area contributed by atoms with Gasteiger partial charge in [0.1, 0.15) is 11.5 Å². The van der Waals surface area contributed by atoms with Crippen molar-refractivity contribution in [3.8, 4) is 17.5 Å². The fraction of sp³-hybridized carbons (Fsp3) is 0.231. The zero-order valence-electron chi connectivity index (χ0n) is 10.4. The predicted octanol–water partition coefficient (Wildman–Crippen LogP) is 2.04. The topological polar surface area (TPSA) is 70.3 Å². The van der Waals surface area contributed by atoms with Crippen LogP contribution in [-0.2, 0) is 6.54 Å². The summed E-state index contributed by atoms with van der Waals surface area (Å²) in [7, 11) is 1.61.